The molecule has 290 valence electrons. The first-order valence-electron chi connectivity index (χ1n) is 19.5. The van der Waals surface area contributed by atoms with Crippen molar-refractivity contribution in [1.29, 1.82) is 0 Å². The number of halogens is 1. The Hall–Kier alpha value is -5.86. The predicted molar refractivity (Wildman–Crippen MR) is 226 cm³/mol. The van der Waals surface area contributed by atoms with Gasteiger partial charge >= 0.3 is 0 Å². The summed E-state index contributed by atoms with van der Waals surface area (Å²) in [6.07, 6.45) is 11.6. The summed E-state index contributed by atoms with van der Waals surface area (Å²) in [6.45, 7) is 9.45. The van der Waals surface area contributed by atoms with Crippen LogP contribution in [0.2, 0.25) is 0 Å². The molecule has 7 heteroatoms. The number of nitrogens with zero attached hydrogens (tertiary/aromatic N) is 2. The molecule has 6 aromatic rings. The van der Waals surface area contributed by atoms with Gasteiger partial charge in [0.1, 0.15) is 0 Å². The van der Waals surface area contributed by atoms with Gasteiger partial charge in [-0.1, -0.05) is 141 Å². The molecular formula is C51H45ClN2O4. The van der Waals surface area contributed by atoms with Crippen LogP contribution in [0.4, 0.5) is 22.7 Å². The van der Waals surface area contributed by atoms with Crippen LogP contribution in [-0.2, 0) is 10.8 Å². The zero-order valence-corrected chi connectivity index (χ0v) is 33.8. The van der Waals surface area contributed by atoms with Crippen molar-refractivity contribution < 1.29 is 28.9 Å². The number of allylic oxidation sites excluding steroid dienone is 8. The van der Waals surface area contributed by atoms with Gasteiger partial charge in [-0.2, -0.15) is 4.58 Å². The molecule has 9 rings (SSSR count). The van der Waals surface area contributed by atoms with Crippen LogP contribution in [0, 0.1) is 10.2 Å². The molecule has 1 aliphatic carbocycles. The molecule has 0 atom stereocenters. The lowest BCUT2D eigenvalue weighted by Gasteiger charge is -2.27. The Kier molecular flexibility index (Phi) is 10.4. The second-order valence-corrected chi connectivity index (χ2v) is 16.6. The first-order chi connectivity index (χ1) is 27.8. The molecule has 0 radical (unpaired) electrons. The third kappa shape index (κ3) is 7.37. The summed E-state index contributed by atoms with van der Waals surface area (Å²) in [5.41, 5.74) is 15.3. The molecule has 0 saturated heterocycles. The highest BCUT2D eigenvalue weighted by atomic mass is 35.7. The van der Waals surface area contributed by atoms with Crippen molar-refractivity contribution in [3.63, 3.8) is 0 Å². The standard InChI is InChI=1S/C51H45N2.ClHO4/c1-50(2)43-26-13-15-28-45(43)52(39-20-7-5-8-21-39)47(50)34-32-37-30-31-38(49(37)42-25-17-19-36-18-11-12-24-41(36)42)33-35-48-51(3,4)44-27-14-16-29-46(44)53(48)40-22-9-6-10-23-40;2-1(3,4)5/h5-29,32-35H,30-31H2,1-4H3;(H,2,3,4,5)/q+1;/p-1. The Balaban J connectivity index is 0.000000887. The second kappa shape index (κ2) is 15.5. The Morgan fingerprint density at radius 3 is 1.93 bits per heavy atom. The van der Waals surface area contributed by atoms with Crippen LogP contribution in [0.5, 0.6) is 0 Å². The quantitative estimate of drug-likeness (QED) is 0.158. The zero-order valence-electron chi connectivity index (χ0n) is 33.1. The molecule has 6 nitrogen and oxygen atoms in total. The predicted octanol–water partition coefficient (Wildman–Crippen LogP) is 8.39. The van der Waals surface area contributed by atoms with E-state index in [4.69, 9.17) is 18.6 Å². The van der Waals surface area contributed by atoms with E-state index in [2.05, 4.69) is 213 Å². The molecule has 0 N–H and O–H groups in total. The summed E-state index contributed by atoms with van der Waals surface area (Å²) in [5.74, 6) is 0. The van der Waals surface area contributed by atoms with Gasteiger partial charge in [0, 0.05) is 52.3 Å². The summed E-state index contributed by atoms with van der Waals surface area (Å²) >= 11 is 0. The Morgan fingerprint density at radius 1 is 0.586 bits per heavy atom. The minimum atomic E-state index is -4.94. The highest BCUT2D eigenvalue weighted by molar-refractivity contribution is 6.11. The topological polar surface area (TPSA) is 98.5 Å². The fourth-order valence-corrected chi connectivity index (χ4v) is 8.97. The van der Waals surface area contributed by atoms with E-state index in [1.165, 1.54) is 78.3 Å². The Morgan fingerprint density at radius 2 is 1.19 bits per heavy atom. The number of hydrogen-bond donors (Lipinski definition) is 0. The molecule has 58 heavy (non-hydrogen) atoms. The van der Waals surface area contributed by atoms with Gasteiger partial charge in [-0.25, -0.2) is 18.6 Å². The van der Waals surface area contributed by atoms with Crippen LogP contribution in [0.1, 0.15) is 57.2 Å². The van der Waals surface area contributed by atoms with Gasteiger partial charge in [-0.15, -0.1) is 10.2 Å². The maximum atomic E-state index is 8.49. The van der Waals surface area contributed by atoms with Crippen molar-refractivity contribution in [2.24, 2.45) is 0 Å². The summed E-state index contributed by atoms with van der Waals surface area (Å²) < 4.78 is 36.4. The molecule has 0 bridgehead atoms. The number of rotatable bonds is 6. The third-order valence-corrected chi connectivity index (χ3v) is 11.7. The van der Waals surface area contributed by atoms with Gasteiger partial charge in [0.25, 0.3) is 0 Å². The van der Waals surface area contributed by atoms with Gasteiger partial charge in [0.05, 0.1) is 5.41 Å². The van der Waals surface area contributed by atoms with E-state index in [-0.39, 0.29) is 10.8 Å². The van der Waals surface area contributed by atoms with Crippen LogP contribution < -0.4 is 28.1 Å². The minimum Gasteiger partial charge on any atom is -0.313 e. The molecule has 2 aliphatic heterocycles. The first kappa shape index (κ1) is 39.0. The maximum Gasteiger partial charge on any atom is 0.215 e. The van der Waals surface area contributed by atoms with E-state index >= 15 is 0 Å². The lowest BCUT2D eigenvalue weighted by Crippen LogP contribution is -2.68. The monoisotopic (exact) mass is 784 g/mol. The van der Waals surface area contributed by atoms with Gasteiger partial charge in [0.2, 0.25) is 11.4 Å². The van der Waals surface area contributed by atoms with Crippen LogP contribution in [0.25, 0.3) is 16.3 Å². The molecule has 6 aromatic carbocycles. The van der Waals surface area contributed by atoms with E-state index in [0.717, 1.165) is 12.8 Å². The smallest absolute Gasteiger partial charge is 0.215 e. The second-order valence-electron chi connectivity index (χ2n) is 15.9. The van der Waals surface area contributed by atoms with Gasteiger partial charge in [-0.05, 0) is 89.6 Å². The largest absolute Gasteiger partial charge is 0.313 e. The lowest BCUT2D eigenvalue weighted by atomic mass is 9.81. The molecule has 0 unspecified atom stereocenters. The maximum absolute atomic E-state index is 8.49. The highest BCUT2D eigenvalue weighted by Crippen LogP contribution is 2.52. The third-order valence-electron chi connectivity index (χ3n) is 11.7. The summed E-state index contributed by atoms with van der Waals surface area (Å²) in [6, 6.07) is 55.0. The van der Waals surface area contributed by atoms with E-state index in [9.17, 15) is 0 Å². The summed E-state index contributed by atoms with van der Waals surface area (Å²) in [7, 11) is -4.94. The molecule has 0 spiro atoms. The van der Waals surface area contributed by atoms with Gasteiger partial charge < -0.3 is 4.90 Å². The van der Waals surface area contributed by atoms with Gasteiger partial charge in [0.15, 0.2) is 5.71 Å². The molecule has 0 amide bonds. The molecule has 0 fully saturated rings. The number of anilines is 2. The Bertz CT molecular complexity index is 2660. The van der Waals surface area contributed by atoms with Crippen molar-refractivity contribution >= 4 is 44.8 Å². The van der Waals surface area contributed by atoms with Crippen molar-refractivity contribution in [3.8, 4) is 0 Å². The van der Waals surface area contributed by atoms with E-state index in [1.54, 1.807) is 0 Å². The molecule has 2 heterocycles. The van der Waals surface area contributed by atoms with Crippen LogP contribution in [0.3, 0.4) is 0 Å². The molecular weight excluding hydrogens is 740 g/mol. The normalized spacial score (nSPS) is 18.3. The average Bonchev–Trinajstić information content (AvgIpc) is 3.80. The fourth-order valence-electron chi connectivity index (χ4n) is 8.97. The van der Waals surface area contributed by atoms with Gasteiger partial charge in [-0.3, -0.25) is 0 Å². The average molecular weight is 785 g/mol. The van der Waals surface area contributed by atoms with Crippen molar-refractivity contribution in [2.45, 2.75) is 51.4 Å². The number of hydrogen-bond acceptors (Lipinski definition) is 5. The summed E-state index contributed by atoms with van der Waals surface area (Å²) in [5, 5.41) is 2.56. The van der Waals surface area contributed by atoms with E-state index in [0.29, 0.717) is 0 Å². The van der Waals surface area contributed by atoms with Crippen molar-refractivity contribution in [3.05, 3.63) is 209 Å². The van der Waals surface area contributed by atoms with Crippen LogP contribution in [-0.4, -0.2) is 5.71 Å². The SMILES string of the molecule is CC1(C)C(/C=C/C2=C(c3cccc4ccccc34)C(=C/C=C3/N(c4ccccc4)c4ccccc4C3(C)C)/CC2)=[N+](c2ccccc2)c2ccccc21.[O-][Cl+3]([O-])([O-])[O-]. The lowest BCUT2D eigenvalue weighted by molar-refractivity contribution is -2.00. The minimum absolute atomic E-state index is 0.158. The Labute approximate surface area is 342 Å². The molecule has 0 aromatic heterocycles. The van der Waals surface area contributed by atoms with Crippen LogP contribution >= 0.6 is 0 Å². The molecule has 0 saturated carbocycles. The zero-order chi connectivity index (χ0) is 40.7. The summed E-state index contributed by atoms with van der Waals surface area (Å²) in [4.78, 5) is 2.46. The van der Waals surface area contributed by atoms with Crippen molar-refractivity contribution in [2.75, 3.05) is 4.90 Å². The van der Waals surface area contributed by atoms with E-state index < -0.39 is 10.2 Å². The molecule has 3 aliphatic rings. The van der Waals surface area contributed by atoms with Crippen LogP contribution in [0.15, 0.2) is 193 Å². The number of fused-ring (bicyclic) bond motifs is 3. The highest BCUT2D eigenvalue weighted by Gasteiger charge is 2.45. The number of benzene rings is 6. The van der Waals surface area contributed by atoms with E-state index in [1.807, 2.05) is 0 Å². The van der Waals surface area contributed by atoms with Crippen molar-refractivity contribution in [1.82, 2.24) is 4.58 Å². The first-order valence-corrected chi connectivity index (χ1v) is 20.8. The fraction of sp³-hybridized carbons (Fsp3) is 0.157. The number of para-hydroxylation sites is 4.